The summed E-state index contributed by atoms with van der Waals surface area (Å²) in [5, 5.41) is 10.6. The number of thiophene rings is 1. The Morgan fingerprint density at radius 2 is 2.37 bits per heavy atom. The molecular formula is C14H20ClN3S. The quantitative estimate of drug-likeness (QED) is 0.842. The molecular weight excluding hydrogens is 278 g/mol. The van der Waals surface area contributed by atoms with E-state index < -0.39 is 0 Å². The summed E-state index contributed by atoms with van der Waals surface area (Å²) in [5.41, 5.74) is 1.09. The van der Waals surface area contributed by atoms with Crippen molar-refractivity contribution in [1.29, 1.82) is 0 Å². The second kappa shape index (κ2) is 7.08. The van der Waals surface area contributed by atoms with Gasteiger partial charge in [-0.2, -0.15) is 5.10 Å². The van der Waals surface area contributed by atoms with E-state index >= 15 is 0 Å². The fourth-order valence-electron chi connectivity index (χ4n) is 2.33. The number of aromatic nitrogens is 2. The molecule has 0 radical (unpaired) electrons. The van der Waals surface area contributed by atoms with Crippen LogP contribution in [0, 0.1) is 0 Å². The van der Waals surface area contributed by atoms with Crippen molar-refractivity contribution in [3.63, 3.8) is 0 Å². The van der Waals surface area contributed by atoms with E-state index in [9.17, 15) is 0 Å². The Labute approximate surface area is 123 Å². The van der Waals surface area contributed by atoms with Crippen molar-refractivity contribution in [2.45, 2.75) is 32.2 Å². The van der Waals surface area contributed by atoms with Gasteiger partial charge in [0.15, 0.2) is 0 Å². The second-order valence-electron chi connectivity index (χ2n) is 4.58. The van der Waals surface area contributed by atoms with Gasteiger partial charge in [0.2, 0.25) is 0 Å². The standard InChI is InChI=1S/C14H20ClN3S/c1-3-16-13(14-12(15)10-17-18(14)2)8-4-6-11-7-5-9-19-11/h5,7,9-10,13,16H,3-4,6,8H2,1-2H3. The molecule has 0 fully saturated rings. The van der Waals surface area contributed by atoms with Crippen LogP contribution in [0.4, 0.5) is 0 Å². The minimum atomic E-state index is 0.282. The number of nitrogens with one attached hydrogen (secondary N) is 1. The second-order valence-corrected chi connectivity index (χ2v) is 6.02. The van der Waals surface area contributed by atoms with E-state index in [4.69, 9.17) is 11.6 Å². The Morgan fingerprint density at radius 1 is 1.53 bits per heavy atom. The van der Waals surface area contributed by atoms with Crippen molar-refractivity contribution in [3.05, 3.63) is 39.3 Å². The Hall–Kier alpha value is -0.840. The topological polar surface area (TPSA) is 29.9 Å². The molecule has 2 aromatic rings. The third kappa shape index (κ3) is 3.81. The van der Waals surface area contributed by atoms with Crippen molar-refractivity contribution in [2.24, 2.45) is 7.05 Å². The SMILES string of the molecule is CCNC(CCCc1cccs1)c1c(Cl)cnn1C. The highest BCUT2D eigenvalue weighted by Crippen LogP contribution is 2.26. The summed E-state index contributed by atoms with van der Waals surface area (Å²) in [5.74, 6) is 0. The molecule has 5 heteroatoms. The minimum absolute atomic E-state index is 0.282. The highest BCUT2D eigenvalue weighted by molar-refractivity contribution is 7.09. The van der Waals surface area contributed by atoms with Crippen LogP contribution in [0.3, 0.4) is 0 Å². The third-order valence-corrected chi connectivity index (χ3v) is 4.44. The normalized spacial score (nSPS) is 12.8. The molecule has 0 spiro atoms. The molecule has 1 atom stereocenters. The lowest BCUT2D eigenvalue weighted by atomic mass is 10.1. The number of halogens is 1. The van der Waals surface area contributed by atoms with E-state index in [0.717, 1.165) is 36.5 Å². The van der Waals surface area contributed by atoms with Crippen molar-refractivity contribution < 1.29 is 0 Å². The summed E-state index contributed by atoms with van der Waals surface area (Å²) in [6.45, 7) is 3.06. The van der Waals surface area contributed by atoms with E-state index in [1.165, 1.54) is 4.88 Å². The summed E-state index contributed by atoms with van der Waals surface area (Å²) in [6, 6.07) is 4.59. The molecule has 1 N–H and O–H groups in total. The zero-order valence-corrected chi connectivity index (χ0v) is 13.0. The first kappa shape index (κ1) is 14.6. The zero-order valence-electron chi connectivity index (χ0n) is 11.4. The Kier molecular flexibility index (Phi) is 5.43. The van der Waals surface area contributed by atoms with Crippen LogP contribution in [0.25, 0.3) is 0 Å². The van der Waals surface area contributed by atoms with Gasteiger partial charge in [-0.25, -0.2) is 0 Å². The number of aryl methyl sites for hydroxylation is 2. The molecule has 104 valence electrons. The van der Waals surface area contributed by atoms with Gasteiger partial charge in [0.1, 0.15) is 0 Å². The number of hydrogen-bond donors (Lipinski definition) is 1. The molecule has 3 nitrogen and oxygen atoms in total. The van der Waals surface area contributed by atoms with Crippen molar-refractivity contribution in [1.82, 2.24) is 15.1 Å². The first-order valence-electron chi connectivity index (χ1n) is 6.65. The van der Waals surface area contributed by atoms with Crippen LogP contribution in [-0.2, 0) is 13.5 Å². The van der Waals surface area contributed by atoms with Gasteiger partial charge in [0.25, 0.3) is 0 Å². The fourth-order valence-corrected chi connectivity index (χ4v) is 3.38. The smallest absolute Gasteiger partial charge is 0.0833 e. The van der Waals surface area contributed by atoms with Crippen LogP contribution >= 0.6 is 22.9 Å². The molecule has 0 saturated heterocycles. The number of rotatable bonds is 7. The molecule has 2 heterocycles. The van der Waals surface area contributed by atoms with Gasteiger partial charge >= 0.3 is 0 Å². The minimum Gasteiger partial charge on any atom is -0.309 e. The summed E-state index contributed by atoms with van der Waals surface area (Å²) < 4.78 is 1.88. The molecule has 0 amide bonds. The van der Waals surface area contributed by atoms with Crippen LogP contribution < -0.4 is 5.32 Å². The van der Waals surface area contributed by atoms with Crippen molar-refractivity contribution >= 4 is 22.9 Å². The zero-order chi connectivity index (χ0) is 13.7. The largest absolute Gasteiger partial charge is 0.309 e. The van der Waals surface area contributed by atoms with E-state index in [0.29, 0.717) is 0 Å². The van der Waals surface area contributed by atoms with E-state index in [1.54, 1.807) is 6.20 Å². The number of nitrogens with zero attached hydrogens (tertiary/aromatic N) is 2. The van der Waals surface area contributed by atoms with Gasteiger partial charge < -0.3 is 5.32 Å². The molecule has 2 aromatic heterocycles. The van der Waals surface area contributed by atoms with Crippen molar-refractivity contribution in [2.75, 3.05) is 6.54 Å². The van der Waals surface area contributed by atoms with Gasteiger partial charge in [-0.05, 0) is 37.3 Å². The van der Waals surface area contributed by atoms with Crippen LogP contribution in [0.2, 0.25) is 5.02 Å². The summed E-state index contributed by atoms with van der Waals surface area (Å²) in [6.07, 6.45) is 5.08. The monoisotopic (exact) mass is 297 g/mol. The third-order valence-electron chi connectivity index (χ3n) is 3.21. The molecule has 0 bridgehead atoms. The van der Waals surface area contributed by atoms with Gasteiger partial charge in [-0.1, -0.05) is 24.6 Å². The van der Waals surface area contributed by atoms with Gasteiger partial charge in [-0.15, -0.1) is 11.3 Å². The maximum atomic E-state index is 6.23. The summed E-state index contributed by atoms with van der Waals surface area (Å²) in [7, 11) is 1.95. The maximum absolute atomic E-state index is 6.23. The average molecular weight is 298 g/mol. The lowest BCUT2D eigenvalue weighted by Crippen LogP contribution is -2.23. The van der Waals surface area contributed by atoms with Gasteiger partial charge in [-0.3, -0.25) is 4.68 Å². The Balaban J connectivity index is 1.96. The van der Waals surface area contributed by atoms with Crippen LogP contribution in [0.15, 0.2) is 23.7 Å². The summed E-state index contributed by atoms with van der Waals surface area (Å²) in [4.78, 5) is 1.45. The van der Waals surface area contributed by atoms with Crippen LogP contribution in [0.1, 0.15) is 36.4 Å². The average Bonchev–Trinajstić information content (AvgIpc) is 3.00. The molecule has 0 aliphatic carbocycles. The molecule has 19 heavy (non-hydrogen) atoms. The lowest BCUT2D eigenvalue weighted by Gasteiger charge is -2.18. The van der Waals surface area contributed by atoms with Gasteiger partial charge in [0.05, 0.1) is 23.0 Å². The summed E-state index contributed by atoms with van der Waals surface area (Å²) >= 11 is 8.06. The molecule has 1 unspecified atom stereocenters. The maximum Gasteiger partial charge on any atom is 0.0833 e. The molecule has 0 aliphatic rings. The number of hydrogen-bond acceptors (Lipinski definition) is 3. The van der Waals surface area contributed by atoms with Crippen LogP contribution in [0.5, 0.6) is 0 Å². The Morgan fingerprint density at radius 3 is 2.95 bits per heavy atom. The first-order valence-corrected chi connectivity index (χ1v) is 7.91. The molecule has 0 aliphatic heterocycles. The lowest BCUT2D eigenvalue weighted by molar-refractivity contribution is 0.468. The highest BCUT2D eigenvalue weighted by atomic mass is 35.5. The molecule has 0 aromatic carbocycles. The highest BCUT2D eigenvalue weighted by Gasteiger charge is 2.17. The predicted octanol–water partition coefficient (Wildman–Crippen LogP) is 3.81. The van der Waals surface area contributed by atoms with E-state index in [1.807, 2.05) is 23.1 Å². The van der Waals surface area contributed by atoms with Crippen molar-refractivity contribution in [3.8, 4) is 0 Å². The Bertz CT molecular complexity index is 473. The van der Waals surface area contributed by atoms with E-state index in [2.05, 4.69) is 34.9 Å². The first-order chi connectivity index (χ1) is 9.22. The molecule has 0 saturated carbocycles. The van der Waals surface area contributed by atoms with Crippen LogP contribution in [-0.4, -0.2) is 16.3 Å². The fraction of sp³-hybridized carbons (Fsp3) is 0.500. The predicted molar refractivity (Wildman–Crippen MR) is 81.9 cm³/mol. The molecule has 2 rings (SSSR count). The van der Waals surface area contributed by atoms with E-state index in [-0.39, 0.29) is 6.04 Å². The van der Waals surface area contributed by atoms with Gasteiger partial charge in [0, 0.05) is 11.9 Å².